The third kappa shape index (κ3) is 4.50. The number of carbonyl (C=O) groups excluding carboxylic acids is 1. The molecule has 30 heavy (non-hydrogen) atoms. The van der Waals surface area contributed by atoms with E-state index < -0.39 is 5.97 Å². The molecule has 0 bridgehead atoms. The number of carbonyl (C=O) groups is 2. The summed E-state index contributed by atoms with van der Waals surface area (Å²) in [6.45, 7) is 2.92. The summed E-state index contributed by atoms with van der Waals surface area (Å²) in [5, 5.41) is 13.6. The lowest BCUT2D eigenvalue weighted by Crippen LogP contribution is -2.36. The van der Waals surface area contributed by atoms with Gasteiger partial charge in [-0.15, -0.1) is 0 Å². The summed E-state index contributed by atoms with van der Waals surface area (Å²) in [5.74, 6) is -1.23. The fourth-order valence-electron chi connectivity index (χ4n) is 3.57. The van der Waals surface area contributed by atoms with Gasteiger partial charge in [0.1, 0.15) is 0 Å². The molecule has 0 saturated carbocycles. The molecule has 6 nitrogen and oxygen atoms in total. The Kier molecular flexibility index (Phi) is 5.77. The molecule has 152 valence electrons. The molecule has 1 fully saturated rings. The molecular weight excluding hydrogens is 380 g/mol. The van der Waals surface area contributed by atoms with E-state index in [4.69, 9.17) is 9.84 Å². The van der Waals surface area contributed by atoms with Gasteiger partial charge < -0.3 is 20.1 Å². The number of benzene rings is 3. The first-order valence-corrected chi connectivity index (χ1v) is 9.78. The standard InChI is InChI=1S/C24H22N2O4/c27-23(28)9-8-17-4-3-6-19(14-17)25-24(29)22-16-20(26-10-12-30-13-11-26)15-18-5-1-2-7-21(18)22/h1-9,14-16H,10-13H2,(H,25,29)(H,27,28). The van der Waals surface area contributed by atoms with Crippen LogP contribution in [0.15, 0.2) is 66.7 Å². The van der Waals surface area contributed by atoms with Gasteiger partial charge in [0.2, 0.25) is 0 Å². The molecule has 4 rings (SSSR count). The van der Waals surface area contributed by atoms with Gasteiger partial charge in [0, 0.05) is 36.1 Å². The highest BCUT2D eigenvalue weighted by Gasteiger charge is 2.17. The van der Waals surface area contributed by atoms with Gasteiger partial charge in [-0.3, -0.25) is 4.79 Å². The minimum absolute atomic E-state index is 0.208. The largest absolute Gasteiger partial charge is 0.478 e. The second-order valence-corrected chi connectivity index (χ2v) is 7.07. The van der Waals surface area contributed by atoms with E-state index in [-0.39, 0.29) is 5.91 Å². The topological polar surface area (TPSA) is 78.9 Å². The molecule has 3 aromatic carbocycles. The first-order chi connectivity index (χ1) is 14.6. The van der Waals surface area contributed by atoms with E-state index in [1.165, 1.54) is 6.08 Å². The van der Waals surface area contributed by atoms with Crippen LogP contribution in [0.4, 0.5) is 11.4 Å². The van der Waals surface area contributed by atoms with Crippen molar-refractivity contribution < 1.29 is 19.4 Å². The maximum atomic E-state index is 13.2. The van der Waals surface area contributed by atoms with E-state index >= 15 is 0 Å². The van der Waals surface area contributed by atoms with Gasteiger partial charge in [0.25, 0.3) is 5.91 Å². The number of anilines is 2. The Labute approximate surface area is 174 Å². The molecule has 0 aliphatic carbocycles. The fourth-order valence-corrected chi connectivity index (χ4v) is 3.57. The molecule has 0 spiro atoms. The van der Waals surface area contributed by atoms with Crippen molar-refractivity contribution in [2.45, 2.75) is 0 Å². The Bertz CT molecular complexity index is 1120. The molecule has 0 unspecified atom stereocenters. The highest BCUT2D eigenvalue weighted by molar-refractivity contribution is 6.14. The van der Waals surface area contributed by atoms with Gasteiger partial charge in [0.05, 0.1) is 13.2 Å². The second-order valence-electron chi connectivity index (χ2n) is 7.07. The number of nitrogens with zero attached hydrogens (tertiary/aromatic N) is 1. The number of nitrogens with one attached hydrogen (secondary N) is 1. The van der Waals surface area contributed by atoms with Gasteiger partial charge in [-0.25, -0.2) is 4.79 Å². The number of rotatable bonds is 5. The summed E-state index contributed by atoms with van der Waals surface area (Å²) in [7, 11) is 0. The first-order valence-electron chi connectivity index (χ1n) is 9.78. The van der Waals surface area contributed by atoms with Crippen LogP contribution in [0.1, 0.15) is 15.9 Å². The maximum absolute atomic E-state index is 13.2. The second kappa shape index (κ2) is 8.80. The smallest absolute Gasteiger partial charge is 0.328 e. The Morgan fingerprint density at radius 2 is 1.80 bits per heavy atom. The lowest BCUT2D eigenvalue weighted by atomic mass is 10.0. The molecule has 1 aliphatic rings. The van der Waals surface area contributed by atoms with Crippen LogP contribution < -0.4 is 10.2 Å². The monoisotopic (exact) mass is 402 g/mol. The van der Waals surface area contributed by atoms with Gasteiger partial charge in [-0.2, -0.15) is 0 Å². The zero-order valence-electron chi connectivity index (χ0n) is 16.4. The lowest BCUT2D eigenvalue weighted by molar-refractivity contribution is -0.131. The summed E-state index contributed by atoms with van der Waals surface area (Å²) in [6.07, 6.45) is 2.56. The number of aliphatic carboxylic acids is 1. The van der Waals surface area contributed by atoms with Crippen LogP contribution in [0.5, 0.6) is 0 Å². The number of hydrogen-bond donors (Lipinski definition) is 2. The van der Waals surface area contributed by atoms with Crippen LogP contribution in [0, 0.1) is 0 Å². The molecule has 1 heterocycles. The summed E-state index contributed by atoms with van der Waals surface area (Å²) >= 11 is 0. The predicted octanol–water partition coefficient (Wildman–Crippen LogP) is 4.03. The summed E-state index contributed by atoms with van der Waals surface area (Å²) < 4.78 is 5.45. The Morgan fingerprint density at radius 1 is 1.00 bits per heavy atom. The Morgan fingerprint density at radius 3 is 2.60 bits per heavy atom. The zero-order valence-corrected chi connectivity index (χ0v) is 16.4. The number of fused-ring (bicyclic) bond motifs is 1. The maximum Gasteiger partial charge on any atom is 0.328 e. The minimum atomic E-state index is -1.02. The van der Waals surface area contributed by atoms with Crippen molar-refractivity contribution in [2.24, 2.45) is 0 Å². The van der Waals surface area contributed by atoms with E-state index in [9.17, 15) is 9.59 Å². The molecule has 2 N–H and O–H groups in total. The number of amides is 1. The van der Waals surface area contributed by atoms with Crippen molar-refractivity contribution in [3.63, 3.8) is 0 Å². The van der Waals surface area contributed by atoms with Crippen LogP contribution in [-0.2, 0) is 9.53 Å². The highest BCUT2D eigenvalue weighted by Crippen LogP contribution is 2.28. The van der Waals surface area contributed by atoms with Crippen LogP contribution in [0.3, 0.4) is 0 Å². The zero-order chi connectivity index (χ0) is 20.9. The van der Waals surface area contributed by atoms with Crippen LogP contribution in [-0.4, -0.2) is 43.3 Å². The number of morpholine rings is 1. The van der Waals surface area contributed by atoms with Crippen molar-refractivity contribution in [3.05, 3.63) is 77.9 Å². The van der Waals surface area contributed by atoms with E-state index in [1.54, 1.807) is 24.3 Å². The average Bonchev–Trinajstić information content (AvgIpc) is 2.77. The third-order valence-electron chi connectivity index (χ3n) is 5.03. The van der Waals surface area contributed by atoms with Crippen LogP contribution in [0.25, 0.3) is 16.8 Å². The van der Waals surface area contributed by atoms with E-state index in [0.717, 1.165) is 35.6 Å². The van der Waals surface area contributed by atoms with Crippen LogP contribution in [0.2, 0.25) is 0 Å². The van der Waals surface area contributed by atoms with Crippen molar-refractivity contribution in [3.8, 4) is 0 Å². The van der Waals surface area contributed by atoms with Crippen molar-refractivity contribution in [1.29, 1.82) is 0 Å². The third-order valence-corrected chi connectivity index (χ3v) is 5.03. The molecule has 0 radical (unpaired) electrons. The fraction of sp³-hybridized carbons (Fsp3) is 0.167. The van der Waals surface area contributed by atoms with Crippen molar-refractivity contribution in [1.82, 2.24) is 0 Å². The molecular formula is C24H22N2O4. The number of hydrogen-bond acceptors (Lipinski definition) is 4. The summed E-state index contributed by atoms with van der Waals surface area (Å²) in [5.41, 5.74) is 2.90. The van der Waals surface area contributed by atoms with E-state index in [2.05, 4.69) is 16.3 Å². The predicted molar refractivity (Wildman–Crippen MR) is 118 cm³/mol. The number of carboxylic acids is 1. The van der Waals surface area contributed by atoms with Gasteiger partial charge in [-0.05, 0) is 46.7 Å². The molecule has 1 amide bonds. The summed E-state index contributed by atoms with van der Waals surface area (Å²) in [6, 6.07) is 19.0. The molecule has 0 atom stereocenters. The van der Waals surface area contributed by atoms with E-state index in [0.29, 0.717) is 30.0 Å². The molecule has 0 aromatic heterocycles. The number of ether oxygens (including phenoxy) is 1. The van der Waals surface area contributed by atoms with Gasteiger partial charge in [-0.1, -0.05) is 36.4 Å². The minimum Gasteiger partial charge on any atom is -0.478 e. The number of carboxylic acid groups (broad SMARTS) is 1. The van der Waals surface area contributed by atoms with E-state index in [1.807, 2.05) is 30.3 Å². The highest BCUT2D eigenvalue weighted by atomic mass is 16.5. The Hall–Kier alpha value is -3.64. The molecule has 1 aliphatic heterocycles. The first kappa shape index (κ1) is 19.7. The van der Waals surface area contributed by atoms with Crippen molar-refractivity contribution >= 4 is 40.1 Å². The van der Waals surface area contributed by atoms with Gasteiger partial charge in [0.15, 0.2) is 0 Å². The molecule has 6 heteroatoms. The Balaban J connectivity index is 1.65. The molecule has 1 saturated heterocycles. The SMILES string of the molecule is O=C(O)C=Cc1cccc(NC(=O)c2cc(N3CCOCC3)cc3ccccc23)c1. The van der Waals surface area contributed by atoms with Crippen LogP contribution >= 0.6 is 0 Å². The quantitative estimate of drug-likeness (QED) is 0.630. The molecule has 3 aromatic rings. The normalized spacial score (nSPS) is 14.2. The van der Waals surface area contributed by atoms with Gasteiger partial charge >= 0.3 is 5.97 Å². The average molecular weight is 402 g/mol. The lowest BCUT2D eigenvalue weighted by Gasteiger charge is -2.29. The summed E-state index contributed by atoms with van der Waals surface area (Å²) in [4.78, 5) is 26.1. The van der Waals surface area contributed by atoms with Crippen molar-refractivity contribution in [2.75, 3.05) is 36.5 Å².